The van der Waals surface area contributed by atoms with Gasteiger partial charge in [0.2, 0.25) is 0 Å². The zero-order valence-corrected chi connectivity index (χ0v) is 15.9. The lowest BCUT2D eigenvalue weighted by Gasteiger charge is -2.07. The Kier molecular flexibility index (Phi) is 5.30. The number of halogens is 2. The number of hydrogen-bond donors (Lipinski definition) is 0. The first-order valence-corrected chi connectivity index (χ1v) is 10.4. The van der Waals surface area contributed by atoms with Gasteiger partial charge in [0, 0.05) is 11.8 Å². The topological polar surface area (TPSA) is 52.6 Å². The van der Waals surface area contributed by atoms with Crippen LogP contribution in [0.25, 0.3) is 0 Å². The molecule has 0 N–H and O–H groups in total. The van der Waals surface area contributed by atoms with E-state index in [0.29, 0.717) is 5.75 Å². The van der Waals surface area contributed by atoms with Gasteiger partial charge in [-0.05, 0) is 23.3 Å². The molecule has 0 amide bonds. The summed E-state index contributed by atoms with van der Waals surface area (Å²) in [7, 11) is -3.44. The second kappa shape index (κ2) is 7.16. The summed E-state index contributed by atoms with van der Waals surface area (Å²) in [5.41, 5.74) is 2.16. The van der Waals surface area contributed by atoms with Crippen LogP contribution in [0.4, 0.5) is 0 Å². The van der Waals surface area contributed by atoms with Gasteiger partial charge in [-0.15, -0.1) is 23.2 Å². The first-order valence-electron chi connectivity index (χ1n) is 7.79. The van der Waals surface area contributed by atoms with E-state index in [2.05, 4.69) is 4.18 Å². The molecule has 0 aromatic heterocycles. The van der Waals surface area contributed by atoms with Crippen LogP contribution in [0.2, 0.25) is 0 Å². The molecule has 2 atom stereocenters. The Balaban J connectivity index is 1.61. The molecule has 0 spiro atoms. The summed E-state index contributed by atoms with van der Waals surface area (Å²) in [6.45, 7) is 0.128. The van der Waals surface area contributed by atoms with E-state index in [-0.39, 0.29) is 25.0 Å². The average Bonchev–Trinajstić information content (AvgIpc) is 3.14. The molecule has 0 bridgehead atoms. The van der Waals surface area contributed by atoms with Crippen molar-refractivity contribution in [3.63, 3.8) is 0 Å². The number of alkyl halides is 2. The third-order valence-corrected chi connectivity index (χ3v) is 5.64. The van der Waals surface area contributed by atoms with Crippen molar-refractivity contribution in [1.82, 2.24) is 0 Å². The fraction of sp³-hybridized carbons (Fsp3) is 0.333. The quantitative estimate of drug-likeness (QED) is 0.398. The summed E-state index contributed by atoms with van der Waals surface area (Å²) >= 11 is 13.0. The second-order valence-electron chi connectivity index (χ2n) is 5.98. The standard InChI is InChI=1S/C18H18Cl2O4S/c1-25(21,22)24-12-11-23-15-9-7-14(8-10-15)17-16(18(17,19)20)13-5-3-2-4-6-13/h2-10,16-17H,11-12H2,1H3. The molecule has 7 heteroatoms. The van der Waals surface area contributed by atoms with Gasteiger partial charge >= 0.3 is 0 Å². The van der Waals surface area contributed by atoms with Gasteiger partial charge in [-0.1, -0.05) is 42.5 Å². The van der Waals surface area contributed by atoms with E-state index >= 15 is 0 Å². The molecule has 4 nitrogen and oxygen atoms in total. The molecule has 0 aliphatic heterocycles. The number of hydrogen-bond acceptors (Lipinski definition) is 4. The van der Waals surface area contributed by atoms with Crippen LogP contribution in [-0.4, -0.2) is 32.2 Å². The van der Waals surface area contributed by atoms with Crippen LogP contribution in [0, 0.1) is 0 Å². The predicted molar refractivity (Wildman–Crippen MR) is 99.1 cm³/mol. The van der Waals surface area contributed by atoms with Gasteiger partial charge in [0.1, 0.15) is 23.3 Å². The maximum Gasteiger partial charge on any atom is 0.264 e. The van der Waals surface area contributed by atoms with E-state index in [9.17, 15) is 8.42 Å². The summed E-state index contributed by atoms with van der Waals surface area (Å²) in [6.07, 6.45) is 1.01. The zero-order valence-electron chi connectivity index (χ0n) is 13.6. The molecule has 1 saturated carbocycles. The third kappa shape index (κ3) is 4.47. The fourth-order valence-electron chi connectivity index (χ4n) is 2.93. The van der Waals surface area contributed by atoms with Crippen molar-refractivity contribution in [3.8, 4) is 5.75 Å². The number of benzene rings is 2. The molecular formula is C18H18Cl2O4S. The molecule has 1 aliphatic rings. The van der Waals surface area contributed by atoms with Crippen LogP contribution in [0.5, 0.6) is 5.75 Å². The zero-order chi connectivity index (χ0) is 18.1. The number of ether oxygens (including phenoxy) is 1. The van der Waals surface area contributed by atoms with Gasteiger partial charge in [0.25, 0.3) is 10.1 Å². The minimum Gasteiger partial charge on any atom is -0.491 e. The summed E-state index contributed by atoms with van der Waals surface area (Å²) in [5.74, 6) is 0.723. The lowest BCUT2D eigenvalue weighted by Crippen LogP contribution is -2.11. The lowest BCUT2D eigenvalue weighted by atomic mass is 10.0. The van der Waals surface area contributed by atoms with Crippen molar-refractivity contribution in [1.29, 1.82) is 0 Å². The van der Waals surface area contributed by atoms with E-state index in [1.54, 1.807) is 0 Å². The third-order valence-electron chi connectivity index (χ3n) is 4.10. The second-order valence-corrected chi connectivity index (χ2v) is 9.07. The monoisotopic (exact) mass is 400 g/mol. The molecular weight excluding hydrogens is 383 g/mol. The van der Waals surface area contributed by atoms with E-state index in [0.717, 1.165) is 17.4 Å². The van der Waals surface area contributed by atoms with Crippen LogP contribution < -0.4 is 4.74 Å². The highest BCUT2D eigenvalue weighted by Crippen LogP contribution is 2.70. The van der Waals surface area contributed by atoms with Crippen LogP contribution in [0.1, 0.15) is 23.0 Å². The summed E-state index contributed by atoms with van der Waals surface area (Å²) < 4.78 is 31.0. The van der Waals surface area contributed by atoms with Crippen molar-refractivity contribution < 1.29 is 17.3 Å². The van der Waals surface area contributed by atoms with E-state index in [4.69, 9.17) is 27.9 Å². The molecule has 1 fully saturated rings. The first kappa shape index (κ1) is 18.5. The molecule has 0 heterocycles. The molecule has 2 unspecified atom stereocenters. The molecule has 3 rings (SSSR count). The van der Waals surface area contributed by atoms with Crippen LogP contribution in [-0.2, 0) is 14.3 Å². The maximum absolute atomic E-state index is 10.9. The van der Waals surface area contributed by atoms with Gasteiger partial charge in [-0.25, -0.2) is 0 Å². The fourth-order valence-corrected chi connectivity index (χ4v) is 4.19. The van der Waals surface area contributed by atoms with Gasteiger partial charge in [-0.3, -0.25) is 4.18 Å². The van der Waals surface area contributed by atoms with Crippen molar-refractivity contribution in [3.05, 3.63) is 65.7 Å². The van der Waals surface area contributed by atoms with E-state index in [1.807, 2.05) is 54.6 Å². The van der Waals surface area contributed by atoms with Crippen LogP contribution in [0.15, 0.2) is 54.6 Å². The van der Waals surface area contributed by atoms with Crippen LogP contribution in [0.3, 0.4) is 0 Å². The van der Waals surface area contributed by atoms with E-state index in [1.165, 1.54) is 0 Å². The maximum atomic E-state index is 10.9. The minimum atomic E-state index is -3.44. The van der Waals surface area contributed by atoms with Gasteiger partial charge in [-0.2, -0.15) is 8.42 Å². The smallest absolute Gasteiger partial charge is 0.264 e. The van der Waals surface area contributed by atoms with Gasteiger partial charge < -0.3 is 4.74 Å². The van der Waals surface area contributed by atoms with E-state index < -0.39 is 14.5 Å². The van der Waals surface area contributed by atoms with Crippen LogP contribution >= 0.6 is 23.2 Å². The van der Waals surface area contributed by atoms with Crippen molar-refractivity contribution >= 4 is 33.3 Å². The molecule has 0 radical (unpaired) electrons. The molecule has 134 valence electrons. The summed E-state index contributed by atoms with van der Waals surface area (Å²) in [6, 6.07) is 17.5. The lowest BCUT2D eigenvalue weighted by molar-refractivity contribution is 0.222. The van der Waals surface area contributed by atoms with Crippen molar-refractivity contribution in [2.75, 3.05) is 19.5 Å². The molecule has 2 aromatic carbocycles. The van der Waals surface area contributed by atoms with Gasteiger partial charge in [0.05, 0.1) is 6.26 Å². The molecule has 0 saturated heterocycles. The average molecular weight is 401 g/mol. The summed E-state index contributed by atoms with van der Waals surface area (Å²) in [5, 5.41) is 0. The molecule has 2 aromatic rings. The predicted octanol–water partition coefficient (Wildman–Crippen LogP) is 4.10. The van der Waals surface area contributed by atoms with Crippen molar-refractivity contribution in [2.24, 2.45) is 0 Å². The Morgan fingerprint density at radius 3 is 2.04 bits per heavy atom. The number of rotatable bonds is 7. The van der Waals surface area contributed by atoms with Crippen molar-refractivity contribution in [2.45, 2.75) is 16.2 Å². The highest BCUT2D eigenvalue weighted by atomic mass is 35.5. The Labute approximate surface area is 157 Å². The first-order chi connectivity index (χ1) is 11.8. The molecule has 1 aliphatic carbocycles. The molecule has 25 heavy (non-hydrogen) atoms. The Hall–Kier alpha value is -1.27. The Morgan fingerprint density at radius 1 is 0.920 bits per heavy atom. The SMILES string of the molecule is CS(=O)(=O)OCCOc1ccc(C2C(c3ccccc3)C2(Cl)Cl)cc1. The highest BCUT2D eigenvalue weighted by Gasteiger charge is 2.64. The Morgan fingerprint density at radius 2 is 1.48 bits per heavy atom. The summed E-state index contributed by atoms with van der Waals surface area (Å²) in [4.78, 5) is 0. The minimum absolute atomic E-state index is 0.0221. The normalized spacial score (nSPS) is 21.7. The Bertz CT molecular complexity index is 820. The largest absolute Gasteiger partial charge is 0.491 e. The van der Waals surface area contributed by atoms with Gasteiger partial charge in [0.15, 0.2) is 0 Å². The highest BCUT2D eigenvalue weighted by molar-refractivity contribution is 7.85.